The van der Waals surface area contributed by atoms with E-state index < -0.39 is 0 Å². The molecule has 10 aromatic rings. The summed E-state index contributed by atoms with van der Waals surface area (Å²) in [5, 5.41) is 7.27. The summed E-state index contributed by atoms with van der Waals surface area (Å²) in [5.41, 5.74) is 8.62. The Balaban J connectivity index is 1.28. The van der Waals surface area contributed by atoms with Gasteiger partial charge in [0.25, 0.3) is 0 Å². The molecule has 0 aliphatic rings. The highest BCUT2D eigenvalue weighted by Gasteiger charge is 2.22. The molecule has 0 unspecified atom stereocenters. The van der Waals surface area contributed by atoms with Crippen molar-refractivity contribution >= 4 is 92.3 Å². The molecule has 0 amide bonds. The standard InChI is InChI=1S/C42H26N2OS/c1-2-11-27(12-3-1)44-35-16-7-4-13-30(35)34-25-28(22-24-36(34)44)43(29-21-23-32-31-14-6-9-20-40(31)46-41(32)26-29)37-17-10-19-39-42(37)33-15-5-8-18-38(33)45-39/h1-26H. The average molecular weight is 607 g/mol. The number of hydrogen-bond acceptors (Lipinski definition) is 3. The number of hydrogen-bond donors (Lipinski definition) is 0. The van der Waals surface area contributed by atoms with Gasteiger partial charge >= 0.3 is 0 Å². The maximum Gasteiger partial charge on any atom is 0.137 e. The smallest absolute Gasteiger partial charge is 0.137 e. The van der Waals surface area contributed by atoms with Gasteiger partial charge in [-0.25, -0.2) is 0 Å². The van der Waals surface area contributed by atoms with Crippen molar-refractivity contribution in [3.63, 3.8) is 0 Å². The van der Waals surface area contributed by atoms with Gasteiger partial charge in [0.2, 0.25) is 0 Å². The second kappa shape index (κ2) is 9.83. The fourth-order valence-corrected chi connectivity index (χ4v) is 8.32. The minimum Gasteiger partial charge on any atom is -0.456 e. The summed E-state index contributed by atoms with van der Waals surface area (Å²) < 4.78 is 11.3. The molecule has 46 heavy (non-hydrogen) atoms. The molecule has 0 saturated carbocycles. The van der Waals surface area contributed by atoms with Crippen molar-refractivity contribution in [3.8, 4) is 5.69 Å². The highest BCUT2D eigenvalue weighted by atomic mass is 32.1. The molecule has 0 radical (unpaired) electrons. The van der Waals surface area contributed by atoms with Gasteiger partial charge in [0, 0.05) is 53.4 Å². The fraction of sp³-hybridized carbons (Fsp3) is 0. The van der Waals surface area contributed by atoms with Gasteiger partial charge in [0.05, 0.1) is 22.1 Å². The zero-order valence-corrected chi connectivity index (χ0v) is 25.5. The Hall–Kier alpha value is -5.84. The maximum atomic E-state index is 6.38. The Bertz CT molecular complexity index is 2770. The molecule has 4 heteroatoms. The summed E-state index contributed by atoms with van der Waals surface area (Å²) in [6.45, 7) is 0. The Morgan fingerprint density at radius 2 is 1.13 bits per heavy atom. The first kappa shape index (κ1) is 25.5. The van der Waals surface area contributed by atoms with Crippen molar-refractivity contribution in [3.05, 3.63) is 158 Å². The quantitative estimate of drug-likeness (QED) is 0.199. The van der Waals surface area contributed by atoms with Gasteiger partial charge in [0.15, 0.2) is 0 Å². The fourth-order valence-electron chi connectivity index (χ4n) is 7.18. The van der Waals surface area contributed by atoms with Crippen LogP contribution in [0.5, 0.6) is 0 Å². The molecule has 0 aliphatic carbocycles. The van der Waals surface area contributed by atoms with E-state index in [9.17, 15) is 0 Å². The summed E-state index contributed by atoms with van der Waals surface area (Å²) >= 11 is 1.85. The van der Waals surface area contributed by atoms with E-state index in [0.29, 0.717) is 0 Å². The van der Waals surface area contributed by atoms with E-state index in [0.717, 1.165) is 44.7 Å². The molecule has 216 valence electrons. The van der Waals surface area contributed by atoms with Crippen LogP contribution in [0.25, 0.3) is 69.6 Å². The molecule has 10 rings (SSSR count). The van der Waals surface area contributed by atoms with Gasteiger partial charge in [0.1, 0.15) is 11.2 Å². The summed E-state index contributed by atoms with van der Waals surface area (Å²) in [5.74, 6) is 0. The Morgan fingerprint density at radius 1 is 0.457 bits per heavy atom. The van der Waals surface area contributed by atoms with Gasteiger partial charge in [-0.3, -0.25) is 0 Å². The number of anilines is 3. The lowest BCUT2D eigenvalue weighted by Crippen LogP contribution is -2.10. The molecular formula is C42H26N2OS. The number of thiophene rings is 1. The number of aromatic nitrogens is 1. The highest BCUT2D eigenvalue weighted by Crippen LogP contribution is 2.46. The summed E-state index contributed by atoms with van der Waals surface area (Å²) in [7, 11) is 0. The molecule has 3 aromatic heterocycles. The average Bonchev–Trinajstić information content (AvgIpc) is 3.78. The predicted octanol–water partition coefficient (Wildman–Crippen LogP) is 12.5. The molecule has 3 heterocycles. The lowest BCUT2D eigenvalue weighted by molar-refractivity contribution is 0.669. The van der Waals surface area contributed by atoms with Crippen LogP contribution < -0.4 is 4.90 Å². The predicted molar refractivity (Wildman–Crippen MR) is 196 cm³/mol. The van der Waals surface area contributed by atoms with Crippen LogP contribution in [0, 0.1) is 0 Å². The summed E-state index contributed by atoms with van der Waals surface area (Å²) in [4.78, 5) is 2.40. The first-order valence-electron chi connectivity index (χ1n) is 15.5. The van der Waals surface area contributed by atoms with Gasteiger partial charge < -0.3 is 13.9 Å². The van der Waals surface area contributed by atoms with Crippen molar-refractivity contribution in [2.45, 2.75) is 0 Å². The zero-order valence-electron chi connectivity index (χ0n) is 24.7. The molecule has 0 spiro atoms. The highest BCUT2D eigenvalue weighted by molar-refractivity contribution is 7.25. The number of furan rings is 1. The molecule has 0 atom stereocenters. The van der Waals surface area contributed by atoms with Crippen LogP contribution >= 0.6 is 11.3 Å². The topological polar surface area (TPSA) is 21.3 Å². The van der Waals surface area contributed by atoms with Crippen molar-refractivity contribution in [1.29, 1.82) is 0 Å². The Kier molecular flexibility index (Phi) is 5.45. The van der Waals surface area contributed by atoms with Crippen LogP contribution in [0.2, 0.25) is 0 Å². The monoisotopic (exact) mass is 606 g/mol. The van der Waals surface area contributed by atoms with E-state index >= 15 is 0 Å². The lowest BCUT2D eigenvalue weighted by Gasteiger charge is -2.26. The molecule has 7 aromatic carbocycles. The van der Waals surface area contributed by atoms with E-state index in [1.165, 1.54) is 42.0 Å². The van der Waals surface area contributed by atoms with Crippen LogP contribution in [-0.2, 0) is 0 Å². The Labute approximate surface area is 268 Å². The molecule has 0 N–H and O–H groups in total. The lowest BCUT2D eigenvalue weighted by atomic mass is 10.1. The molecule has 3 nitrogen and oxygen atoms in total. The second-order valence-corrected chi connectivity index (χ2v) is 12.8. The number of para-hydroxylation sites is 3. The minimum absolute atomic E-state index is 0.883. The first-order valence-corrected chi connectivity index (χ1v) is 16.3. The normalized spacial score (nSPS) is 11.9. The molecule has 0 saturated heterocycles. The third kappa shape index (κ3) is 3.71. The van der Waals surface area contributed by atoms with Gasteiger partial charge in [-0.05, 0) is 72.8 Å². The number of benzene rings is 7. The van der Waals surface area contributed by atoms with Gasteiger partial charge in [-0.1, -0.05) is 84.9 Å². The first-order chi connectivity index (χ1) is 22.8. The van der Waals surface area contributed by atoms with E-state index in [4.69, 9.17) is 4.42 Å². The Morgan fingerprint density at radius 3 is 2.04 bits per heavy atom. The number of nitrogens with zero attached hydrogens (tertiary/aromatic N) is 2. The van der Waals surface area contributed by atoms with E-state index in [-0.39, 0.29) is 0 Å². The molecular weight excluding hydrogens is 581 g/mol. The van der Waals surface area contributed by atoms with Crippen LogP contribution in [-0.4, -0.2) is 4.57 Å². The van der Waals surface area contributed by atoms with Gasteiger partial charge in [-0.15, -0.1) is 11.3 Å². The number of fused-ring (bicyclic) bond motifs is 9. The van der Waals surface area contributed by atoms with Crippen molar-refractivity contribution in [2.75, 3.05) is 4.90 Å². The zero-order chi connectivity index (χ0) is 30.2. The van der Waals surface area contributed by atoms with Crippen LogP contribution in [0.4, 0.5) is 17.1 Å². The number of rotatable bonds is 4. The SMILES string of the molecule is c1ccc(-n2c3ccccc3c3cc(N(c4ccc5c(c4)sc4ccccc45)c4cccc5oc6ccccc6c45)ccc32)cc1. The maximum absolute atomic E-state index is 6.38. The van der Waals surface area contributed by atoms with Crippen LogP contribution in [0.15, 0.2) is 162 Å². The largest absolute Gasteiger partial charge is 0.456 e. The van der Waals surface area contributed by atoms with Gasteiger partial charge in [-0.2, -0.15) is 0 Å². The summed E-state index contributed by atoms with van der Waals surface area (Å²) in [6.07, 6.45) is 0. The second-order valence-electron chi connectivity index (χ2n) is 11.8. The molecule has 0 bridgehead atoms. The van der Waals surface area contributed by atoms with Crippen molar-refractivity contribution in [1.82, 2.24) is 4.57 Å². The van der Waals surface area contributed by atoms with E-state index in [1.807, 2.05) is 17.4 Å². The van der Waals surface area contributed by atoms with E-state index in [1.54, 1.807) is 0 Å². The van der Waals surface area contributed by atoms with Crippen LogP contribution in [0.3, 0.4) is 0 Å². The molecule has 0 fully saturated rings. The van der Waals surface area contributed by atoms with Crippen molar-refractivity contribution in [2.24, 2.45) is 0 Å². The minimum atomic E-state index is 0.883. The third-order valence-electron chi connectivity index (χ3n) is 9.17. The summed E-state index contributed by atoms with van der Waals surface area (Å²) in [6, 6.07) is 56.5. The van der Waals surface area contributed by atoms with Crippen molar-refractivity contribution < 1.29 is 4.42 Å². The van der Waals surface area contributed by atoms with Crippen LogP contribution in [0.1, 0.15) is 0 Å². The molecule has 0 aliphatic heterocycles. The van der Waals surface area contributed by atoms with E-state index in [2.05, 4.69) is 161 Å². The third-order valence-corrected chi connectivity index (χ3v) is 10.3.